The first-order valence-electron chi connectivity index (χ1n) is 4.48. The van der Waals surface area contributed by atoms with Gasteiger partial charge < -0.3 is 9.94 Å². The second kappa shape index (κ2) is 3.82. The van der Waals surface area contributed by atoms with E-state index in [-0.39, 0.29) is 17.3 Å². The molecular formula is C10H15NO3. The fourth-order valence-corrected chi connectivity index (χ4v) is 1.77. The quantitative estimate of drug-likeness (QED) is 0.549. The molecule has 1 aliphatic rings. The van der Waals surface area contributed by atoms with Crippen molar-refractivity contribution in [2.24, 2.45) is 22.4 Å². The van der Waals surface area contributed by atoms with Gasteiger partial charge in [0.1, 0.15) is 7.11 Å². The number of carboxylic acids is 1. The summed E-state index contributed by atoms with van der Waals surface area (Å²) < 4.78 is 0. The smallest absolute Gasteiger partial charge is 0.307 e. The molecule has 0 amide bonds. The third-order valence-electron chi connectivity index (χ3n) is 2.75. The fourth-order valence-electron chi connectivity index (χ4n) is 1.77. The molecule has 1 fully saturated rings. The number of aliphatic carboxylic acids is 1. The summed E-state index contributed by atoms with van der Waals surface area (Å²) >= 11 is 0. The highest BCUT2D eigenvalue weighted by Crippen LogP contribution is 2.58. The second-order valence-electron chi connectivity index (χ2n) is 3.99. The summed E-state index contributed by atoms with van der Waals surface area (Å²) in [5.74, 6) is -0.897. The minimum Gasteiger partial charge on any atom is -0.481 e. The van der Waals surface area contributed by atoms with Gasteiger partial charge in [-0.1, -0.05) is 25.1 Å². The monoisotopic (exact) mass is 197 g/mol. The van der Waals surface area contributed by atoms with Gasteiger partial charge in [-0.15, -0.1) is 0 Å². The van der Waals surface area contributed by atoms with Crippen molar-refractivity contribution in [1.82, 2.24) is 0 Å². The molecule has 0 aromatic heterocycles. The molecule has 0 radical (unpaired) electrons. The summed E-state index contributed by atoms with van der Waals surface area (Å²) in [6.07, 6.45) is 5.09. The van der Waals surface area contributed by atoms with Crippen molar-refractivity contribution < 1.29 is 14.7 Å². The molecule has 4 heteroatoms. The normalized spacial score (nSPS) is 29.6. The number of rotatable bonds is 4. The van der Waals surface area contributed by atoms with E-state index in [9.17, 15) is 4.79 Å². The highest BCUT2D eigenvalue weighted by Gasteiger charge is 2.60. The number of hydrogen-bond acceptors (Lipinski definition) is 3. The van der Waals surface area contributed by atoms with E-state index in [1.54, 1.807) is 6.08 Å². The van der Waals surface area contributed by atoms with Crippen molar-refractivity contribution in [3.8, 4) is 0 Å². The van der Waals surface area contributed by atoms with E-state index in [1.165, 1.54) is 13.3 Å². The average Bonchev–Trinajstić information content (AvgIpc) is 2.62. The Bertz CT molecular complexity index is 281. The first kappa shape index (κ1) is 10.8. The molecule has 0 heterocycles. The second-order valence-corrected chi connectivity index (χ2v) is 3.99. The van der Waals surface area contributed by atoms with Crippen LogP contribution in [0.25, 0.3) is 0 Å². The van der Waals surface area contributed by atoms with Crippen LogP contribution in [0.15, 0.2) is 17.3 Å². The third-order valence-corrected chi connectivity index (χ3v) is 2.75. The summed E-state index contributed by atoms with van der Waals surface area (Å²) in [7, 11) is 1.46. The number of oxime groups is 1. The standard InChI is InChI=1S/C10H15NO3/c1-10(2)7(8(10)9(12)13)5-4-6-11-14-3/h4-8H,1-3H3,(H,12,13). The number of carbonyl (C=O) groups is 1. The maximum Gasteiger partial charge on any atom is 0.307 e. The van der Waals surface area contributed by atoms with E-state index in [0.717, 1.165) is 0 Å². The number of nitrogens with zero attached hydrogens (tertiary/aromatic N) is 1. The Morgan fingerprint density at radius 3 is 2.64 bits per heavy atom. The van der Waals surface area contributed by atoms with Gasteiger partial charge in [0.15, 0.2) is 0 Å². The fraction of sp³-hybridized carbons (Fsp3) is 0.600. The van der Waals surface area contributed by atoms with Crippen LogP contribution in [0.2, 0.25) is 0 Å². The molecule has 4 nitrogen and oxygen atoms in total. The van der Waals surface area contributed by atoms with Crippen molar-refractivity contribution in [3.05, 3.63) is 12.2 Å². The lowest BCUT2D eigenvalue weighted by Gasteiger charge is -1.95. The first-order chi connectivity index (χ1) is 6.51. The van der Waals surface area contributed by atoms with Crippen molar-refractivity contribution >= 4 is 12.2 Å². The number of carboxylic acid groups (broad SMARTS) is 1. The van der Waals surface area contributed by atoms with Gasteiger partial charge in [0.25, 0.3) is 0 Å². The van der Waals surface area contributed by atoms with Crippen LogP contribution >= 0.6 is 0 Å². The summed E-state index contributed by atoms with van der Waals surface area (Å²) in [5.41, 5.74) is -0.136. The Hall–Kier alpha value is -1.32. The highest BCUT2D eigenvalue weighted by molar-refractivity contribution is 5.77. The lowest BCUT2D eigenvalue weighted by atomic mass is 10.1. The van der Waals surface area contributed by atoms with E-state index in [0.29, 0.717) is 0 Å². The molecule has 14 heavy (non-hydrogen) atoms. The maximum atomic E-state index is 10.8. The number of hydrogen-bond donors (Lipinski definition) is 1. The zero-order chi connectivity index (χ0) is 10.8. The van der Waals surface area contributed by atoms with E-state index >= 15 is 0 Å². The van der Waals surface area contributed by atoms with Gasteiger partial charge in [-0.05, 0) is 17.4 Å². The van der Waals surface area contributed by atoms with Crippen LogP contribution in [-0.4, -0.2) is 24.4 Å². The van der Waals surface area contributed by atoms with Crippen LogP contribution in [0.5, 0.6) is 0 Å². The molecule has 0 spiro atoms. The molecule has 1 saturated carbocycles. The van der Waals surface area contributed by atoms with Crippen LogP contribution in [0, 0.1) is 17.3 Å². The number of allylic oxidation sites excluding steroid dienone is 2. The molecule has 0 aromatic rings. The average molecular weight is 197 g/mol. The van der Waals surface area contributed by atoms with Gasteiger partial charge in [-0.25, -0.2) is 0 Å². The minimum absolute atomic E-state index is 0.100. The summed E-state index contributed by atoms with van der Waals surface area (Å²) in [5, 5.41) is 12.4. The zero-order valence-electron chi connectivity index (χ0n) is 8.60. The molecule has 1 rings (SSSR count). The van der Waals surface area contributed by atoms with E-state index in [1.807, 2.05) is 19.9 Å². The summed E-state index contributed by atoms with van der Waals surface area (Å²) in [6.45, 7) is 3.91. The summed E-state index contributed by atoms with van der Waals surface area (Å²) in [6, 6.07) is 0. The predicted molar refractivity (Wildman–Crippen MR) is 53.0 cm³/mol. The van der Waals surface area contributed by atoms with Gasteiger partial charge in [0.2, 0.25) is 0 Å². The Kier molecular flexibility index (Phi) is 2.93. The van der Waals surface area contributed by atoms with Crippen molar-refractivity contribution in [1.29, 1.82) is 0 Å². The van der Waals surface area contributed by atoms with Gasteiger partial charge in [-0.3, -0.25) is 4.79 Å². The molecule has 1 N–H and O–H groups in total. The maximum absolute atomic E-state index is 10.8. The van der Waals surface area contributed by atoms with E-state index < -0.39 is 5.97 Å². The third kappa shape index (κ3) is 1.95. The van der Waals surface area contributed by atoms with Gasteiger partial charge >= 0.3 is 5.97 Å². The van der Waals surface area contributed by atoms with Crippen molar-refractivity contribution in [2.75, 3.05) is 7.11 Å². The van der Waals surface area contributed by atoms with Gasteiger partial charge in [0.05, 0.1) is 12.1 Å². The topological polar surface area (TPSA) is 58.9 Å². The van der Waals surface area contributed by atoms with E-state index in [2.05, 4.69) is 9.99 Å². The van der Waals surface area contributed by atoms with Crippen molar-refractivity contribution in [2.45, 2.75) is 13.8 Å². The zero-order valence-corrected chi connectivity index (χ0v) is 8.60. The largest absolute Gasteiger partial charge is 0.481 e. The molecule has 0 saturated heterocycles. The molecule has 2 atom stereocenters. The Labute approximate surface area is 83.2 Å². The Morgan fingerprint density at radius 1 is 1.57 bits per heavy atom. The first-order valence-corrected chi connectivity index (χ1v) is 4.48. The van der Waals surface area contributed by atoms with Gasteiger partial charge in [0, 0.05) is 0 Å². The molecule has 0 aliphatic heterocycles. The summed E-state index contributed by atoms with van der Waals surface area (Å²) in [4.78, 5) is 15.3. The molecule has 2 unspecified atom stereocenters. The lowest BCUT2D eigenvalue weighted by molar-refractivity contribution is -0.139. The minimum atomic E-state index is -0.728. The molecular weight excluding hydrogens is 182 g/mol. The SMILES string of the molecule is CON=CC=CC1C(C(=O)O)C1(C)C. The van der Waals surface area contributed by atoms with Gasteiger partial charge in [-0.2, -0.15) is 0 Å². The van der Waals surface area contributed by atoms with Crippen LogP contribution in [-0.2, 0) is 9.63 Å². The lowest BCUT2D eigenvalue weighted by Crippen LogP contribution is -2.02. The predicted octanol–water partition coefficient (Wildman–Crippen LogP) is 1.53. The van der Waals surface area contributed by atoms with Crippen LogP contribution in [0.1, 0.15) is 13.8 Å². The molecule has 1 aliphatic carbocycles. The highest BCUT2D eigenvalue weighted by atomic mass is 16.6. The van der Waals surface area contributed by atoms with Crippen molar-refractivity contribution in [3.63, 3.8) is 0 Å². The molecule has 0 bridgehead atoms. The van der Waals surface area contributed by atoms with Crippen LogP contribution in [0.4, 0.5) is 0 Å². The Balaban J connectivity index is 2.53. The molecule has 0 aromatic carbocycles. The van der Waals surface area contributed by atoms with E-state index in [4.69, 9.17) is 5.11 Å². The van der Waals surface area contributed by atoms with Crippen LogP contribution < -0.4 is 0 Å². The Morgan fingerprint density at radius 2 is 2.21 bits per heavy atom. The van der Waals surface area contributed by atoms with Crippen LogP contribution in [0.3, 0.4) is 0 Å². The molecule has 78 valence electrons.